The van der Waals surface area contributed by atoms with Gasteiger partial charge in [-0.3, -0.25) is 4.79 Å². The third kappa shape index (κ3) is 6.24. The predicted octanol–water partition coefficient (Wildman–Crippen LogP) is 3.38. The maximum atomic E-state index is 12.3. The SMILES string of the molecule is CCC(C)NC(=O)CCNC(=O)NC(c1ccccc1)c1ccccc1. The van der Waals surface area contributed by atoms with E-state index in [2.05, 4.69) is 16.0 Å². The minimum absolute atomic E-state index is 0.0534. The molecule has 138 valence electrons. The third-order valence-corrected chi connectivity index (χ3v) is 4.20. The van der Waals surface area contributed by atoms with Crippen molar-refractivity contribution in [1.82, 2.24) is 16.0 Å². The summed E-state index contributed by atoms with van der Waals surface area (Å²) in [7, 11) is 0. The van der Waals surface area contributed by atoms with Crippen molar-refractivity contribution in [2.45, 2.75) is 38.8 Å². The summed E-state index contributed by atoms with van der Waals surface area (Å²) < 4.78 is 0. The van der Waals surface area contributed by atoms with Gasteiger partial charge in [-0.2, -0.15) is 0 Å². The van der Waals surface area contributed by atoms with Gasteiger partial charge < -0.3 is 16.0 Å². The highest BCUT2D eigenvalue weighted by molar-refractivity contribution is 5.78. The van der Waals surface area contributed by atoms with E-state index in [-0.39, 0.29) is 30.4 Å². The molecule has 0 heterocycles. The molecule has 3 amide bonds. The zero-order valence-corrected chi connectivity index (χ0v) is 15.4. The van der Waals surface area contributed by atoms with E-state index in [0.29, 0.717) is 6.54 Å². The smallest absolute Gasteiger partial charge is 0.315 e. The average Bonchev–Trinajstić information content (AvgIpc) is 2.67. The Balaban J connectivity index is 1.92. The lowest BCUT2D eigenvalue weighted by molar-refractivity contribution is -0.121. The molecule has 0 aliphatic rings. The molecule has 0 fully saturated rings. The van der Waals surface area contributed by atoms with Gasteiger partial charge in [-0.15, -0.1) is 0 Å². The van der Waals surface area contributed by atoms with E-state index in [1.165, 1.54) is 0 Å². The second-order valence-electron chi connectivity index (χ2n) is 6.28. The van der Waals surface area contributed by atoms with Crippen LogP contribution >= 0.6 is 0 Å². The highest BCUT2D eigenvalue weighted by Crippen LogP contribution is 2.21. The first kappa shape index (κ1) is 19.5. The van der Waals surface area contributed by atoms with Crippen molar-refractivity contribution < 1.29 is 9.59 Å². The average molecular weight is 353 g/mol. The highest BCUT2D eigenvalue weighted by atomic mass is 16.2. The number of hydrogen-bond donors (Lipinski definition) is 3. The van der Waals surface area contributed by atoms with Gasteiger partial charge >= 0.3 is 6.03 Å². The Bertz CT molecular complexity index is 649. The van der Waals surface area contributed by atoms with Gasteiger partial charge in [0, 0.05) is 19.0 Å². The summed E-state index contributed by atoms with van der Waals surface area (Å²) in [6, 6.07) is 19.2. The Morgan fingerprint density at radius 1 is 0.885 bits per heavy atom. The normalized spacial score (nSPS) is 11.7. The first-order valence-electron chi connectivity index (χ1n) is 9.03. The van der Waals surface area contributed by atoms with Crippen molar-refractivity contribution >= 4 is 11.9 Å². The molecule has 3 N–H and O–H groups in total. The molecule has 1 unspecified atom stereocenters. The number of rotatable bonds is 8. The van der Waals surface area contributed by atoms with E-state index >= 15 is 0 Å². The summed E-state index contributed by atoms with van der Waals surface area (Å²) in [4.78, 5) is 24.1. The fourth-order valence-electron chi connectivity index (χ4n) is 2.57. The monoisotopic (exact) mass is 353 g/mol. The molecule has 0 radical (unpaired) electrons. The Labute approximate surface area is 155 Å². The summed E-state index contributed by atoms with van der Waals surface area (Å²) in [5, 5.41) is 8.64. The molecule has 0 saturated carbocycles. The van der Waals surface area contributed by atoms with Crippen molar-refractivity contribution in [2.75, 3.05) is 6.54 Å². The molecule has 5 nitrogen and oxygen atoms in total. The van der Waals surface area contributed by atoms with Crippen molar-refractivity contribution in [3.8, 4) is 0 Å². The van der Waals surface area contributed by atoms with Crippen LogP contribution in [0.1, 0.15) is 43.9 Å². The summed E-state index contributed by atoms with van der Waals surface area (Å²) in [5.41, 5.74) is 2.01. The minimum Gasteiger partial charge on any atom is -0.354 e. The molecule has 0 aliphatic carbocycles. The van der Waals surface area contributed by atoms with E-state index in [4.69, 9.17) is 0 Å². The fourth-order valence-corrected chi connectivity index (χ4v) is 2.57. The molecule has 2 aromatic carbocycles. The molecular formula is C21H27N3O2. The van der Waals surface area contributed by atoms with Crippen molar-refractivity contribution in [3.05, 3.63) is 71.8 Å². The predicted molar refractivity (Wildman–Crippen MR) is 104 cm³/mol. The van der Waals surface area contributed by atoms with E-state index in [9.17, 15) is 9.59 Å². The molecule has 0 aromatic heterocycles. The van der Waals surface area contributed by atoms with Crippen LogP contribution in [0.3, 0.4) is 0 Å². The Morgan fingerprint density at radius 2 is 1.42 bits per heavy atom. The Hall–Kier alpha value is -2.82. The first-order chi connectivity index (χ1) is 12.6. The quantitative estimate of drug-likeness (QED) is 0.681. The Morgan fingerprint density at radius 3 is 1.92 bits per heavy atom. The van der Waals surface area contributed by atoms with Gasteiger partial charge in [-0.1, -0.05) is 67.6 Å². The van der Waals surface area contributed by atoms with E-state index in [1.807, 2.05) is 74.5 Å². The second-order valence-corrected chi connectivity index (χ2v) is 6.28. The van der Waals surface area contributed by atoms with Crippen molar-refractivity contribution in [2.24, 2.45) is 0 Å². The molecule has 2 aromatic rings. The van der Waals surface area contributed by atoms with Crippen molar-refractivity contribution in [1.29, 1.82) is 0 Å². The molecule has 2 rings (SSSR count). The summed E-state index contributed by atoms with van der Waals surface area (Å²) in [5.74, 6) is -0.0534. The van der Waals surface area contributed by atoms with Gasteiger partial charge in [-0.25, -0.2) is 4.79 Å². The fraction of sp³-hybridized carbons (Fsp3) is 0.333. The lowest BCUT2D eigenvalue weighted by atomic mass is 9.99. The van der Waals surface area contributed by atoms with Gasteiger partial charge in [0.05, 0.1) is 6.04 Å². The topological polar surface area (TPSA) is 70.2 Å². The molecule has 0 aliphatic heterocycles. The Kier molecular flexibility index (Phi) is 7.68. The molecule has 26 heavy (non-hydrogen) atoms. The minimum atomic E-state index is -0.293. The van der Waals surface area contributed by atoms with Crippen LogP contribution in [0.15, 0.2) is 60.7 Å². The second kappa shape index (κ2) is 10.2. The van der Waals surface area contributed by atoms with E-state index < -0.39 is 0 Å². The third-order valence-electron chi connectivity index (χ3n) is 4.20. The van der Waals surface area contributed by atoms with Crippen LogP contribution in [-0.2, 0) is 4.79 Å². The molecular weight excluding hydrogens is 326 g/mol. The highest BCUT2D eigenvalue weighted by Gasteiger charge is 2.16. The van der Waals surface area contributed by atoms with E-state index in [0.717, 1.165) is 17.5 Å². The van der Waals surface area contributed by atoms with Gasteiger partial charge in [0.25, 0.3) is 0 Å². The van der Waals surface area contributed by atoms with E-state index in [1.54, 1.807) is 0 Å². The van der Waals surface area contributed by atoms with Gasteiger partial charge in [0.1, 0.15) is 0 Å². The van der Waals surface area contributed by atoms with Gasteiger partial charge in [0.15, 0.2) is 0 Å². The maximum absolute atomic E-state index is 12.3. The molecule has 0 spiro atoms. The summed E-state index contributed by atoms with van der Waals surface area (Å²) in [6.07, 6.45) is 1.15. The standard InChI is InChI=1S/C21H27N3O2/c1-3-16(2)23-19(25)14-15-22-21(26)24-20(17-10-6-4-7-11-17)18-12-8-5-9-13-18/h4-13,16,20H,3,14-15H2,1-2H3,(H,23,25)(H2,22,24,26). The van der Waals surface area contributed by atoms with Crippen LogP contribution in [0.2, 0.25) is 0 Å². The van der Waals surface area contributed by atoms with Crippen LogP contribution in [0.25, 0.3) is 0 Å². The number of benzene rings is 2. The van der Waals surface area contributed by atoms with Gasteiger partial charge in [0.2, 0.25) is 5.91 Å². The number of nitrogens with one attached hydrogen (secondary N) is 3. The number of carbonyl (C=O) groups is 2. The zero-order chi connectivity index (χ0) is 18.8. The molecule has 1 atom stereocenters. The lowest BCUT2D eigenvalue weighted by Crippen LogP contribution is -2.40. The number of carbonyl (C=O) groups excluding carboxylic acids is 2. The molecule has 0 bridgehead atoms. The molecule has 0 saturated heterocycles. The number of hydrogen-bond acceptors (Lipinski definition) is 2. The van der Waals surface area contributed by atoms with Gasteiger partial charge in [-0.05, 0) is 24.5 Å². The summed E-state index contributed by atoms with van der Waals surface area (Å²) in [6.45, 7) is 4.27. The van der Waals surface area contributed by atoms with Crippen molar-refractivity contribution in [3.63, 3.8) is 0 Å². The van der Waals surface area contributed by atoms with Crippen LogP contribution in [0, 0.1) is 0 Å². The lowest BCUT2D eigenvalue weighted by Gasteiger charge is -2.20. The number of urea groups is 1. The maximum Gasteiger partial charge on any atom is 0.315 e. The first-order valence-corrected chi connectivity index (χ1v) is 9.03. The largest absolute Gasteiger partial charge is 0.354 e. The zero-order valence-electron chi connectivity index (χ0n) is 15.4. The van der Waals surface area contributed by atoms with Crippen LogP contribution in [0.5, 0.6) is 0 Å². The van der Waals surface area contributed by atoms with Crippen LogP contribution < -0.4 is 16.0 Å². The van der Waals surface area contributed by atoms with Crippen LogP contribution in [0.4, 0.5) is 4.79 Å². The summed E-state index contributed by atoms with van der Waals surface area (Å²) >= 11 is 0. The number of amides is 3. The van der Waals surface area contributed by atoms with Crippen LogP contribution in [-0.4, -0.2) is 24.5 Å². The molecule has 5 heteroatoms.